The second-order valence-corrected chi connectivity index (χ2v) is 4.48. The van der Waals surface area contributed by atoms with Gasteiger partial charge in [0.1, 0.15) is 5.35 Å². The van der Waals surface area contributed by atoms with E-state index in [9.17, 15) is 4.79 Å². The minimum Gasteiger partial charge on any atom is -0.405 e. The van der Waals surface area contributed by atoms with Crippen LogP contribution in [0.25, 0.3) is 23.8 Å². The van der Waals surface area contributed by atoms with Crippen molar-refractivity contribution in [2.24, 2.45) is 0 Å². The number of H-pyrrole nitrogens is 1. The quantitative estimate of drug-likeness (QED) is 0.767. The highest BCUT2D eigenvalue weighted by Gasteiger charge is 1.97. The van der Waals surface area contributed by atoms with Crippen molar-refractivity contribution < 1.29 is 4.42 Å². The van der Waals surface area contributed by atoms with Gasteiger partial charge in [-0.3, -0.25) is 0 Å². The van der Waals surface area contributed by atoms with Crippen LogP contribution in [0.2, 0.25) is 0 Å². The van der Waals surface area contributed by atoms with Crippen LogP contribution in [-0.2, 0) is 0 Å². The number of oxazole rings is 1. The molecule has 0 saturated heterocycles. The second kappa shape index (κ2) is 5.05. The molecule has 0 fully saturated rings. The first-order chi connectivity index (χ1) is 9.72. The Balaban J connectivity index is 1.99. The summed E-state index contributed by atoms with van der Waals surface area (Å²) < 4.78 is 4.83. The maximum absolute atomic E-state index is 11.5. The number of aromatic nitrogens is 1. The van der Waals surface area contributed by atoms with Crippen molar-refractivity contribution in [2.75, 3.05) is 0 Å². The van der Waals surface area contributed by atoms with Crippen LogP contribution < -0.4 is 16.5 Å². The van der Waals surface area contributed by atoms with E-state index < -0.39 is 5.63 Å². The molecule has 0 radical (unpaired) electrons. The molecule has 0 unspecified atom stereocenters. The van der Waals surface area contributed by atoms with Crippen LogP contribution in [0.1, 0.15) is 5.56 Å². The summed E-state index contributed by atoms with van der Waals surface area (Å²) in [6, 6.07) is 18.1. The standard InChI is InChI=1S/C17H13NO2/c1-12-18-16(17(19)20-12)11-13-7-9-15(10-8-13)14-5-3-2-4-6-14/h2-11,18H,1H2/b16-11-. The highest BCUT2D eigenvalue weighted by molar-refractivity contribution is 5.65. The lowest BCUT2D eigenvalue weighted by Gasteiger charge is -2.01. The van der Waals surface area contributed by atoms with Gasteiger partial charge in [0.25, 0.3) is 0 Å². The zero-order valence-electron chi connectivity index (χ0n) is 10.8. The van der Waals surface area contributed by atoms with Crippen molar-refractivity contribution in [1.29, 1.82) is 0 Å². The smallest absolute Gasteiger partial charge is 0.361 e. The van der Waals surface area contributed by atoms with Crippen molar-refractivity contribution in [3.8, 4) is 11.1 Å². The normalized spacial score (nSPS) is 11.7. The van der Waals surface area contributed by atoms with Gasteiger partial charge in [0.2, 0.25) is 0 Å². The van der Waals surface area contributed by atoms with E-state index in [4.69, 9.17) is 4.42 Å². The van der Waals surface area contributed by atoms with Gasteiger partial charge in [0, 0.05) is 0 Å². The molecule has 0 amide bonds. The fourth-order valence-electron chi connectivity index (χ4n) is 2.06. The number of hydrogen-bond donors (Lipinski definition) is 1. The second-order valence-electron chi connectivity index (χ2n) is 4.48. The van der Waals surface area contributed by atoms with Crippen molar-refractivity contribution in [3.63, 3.8) is 0 Å². The van der Waals surface area contributed by atoms with E-state index in [1.165, 1.54) is 5.56 Å². The van der Waals surface area contributed by atoms with Crippen molar-refractivity contribution in [3.05, 3.63) is 81.5 Å². The minimum atomic E-state index is -0.401. The number of aromatic amines is 1. The van der Waals surface area contributed by atoms with Gasteiger partial charge in [-0.05, 0) is 29.3 Å². The van der Waals surface area contributed by atoms with Gasteiger partial charge < -0.3 is 9.40 Å². The summed E-state index contributed by atoms with van der Waals surface area (Å²) in [5.74, 6) is 0. The molecule has 1 heterocycles. The average molecular weight is 263 g/mol. The van der Waals surface area contributed by atoms with E-state index in [0.29, 0.717) is 5.35 Å². The number of hydrogen-bond acceptors (Lipinski definition) is 2. The topological polar surface area (TPSA) is 46.0 Å². The van der Waals surface area contributed by atoms with Crippen molar-refractivity contribution in [1.82, 2.24) is 4.98 Å². The lowest BCUT2D eigenvalue weighted by molar-refractivity contribution is 0.488. The highest BCUT2D eigenvalue weighted by Crippen LogP contribution is 2.19. The molecule has 0 aliphatic heterocycles. The van der Waals surface area contributed by atoms with E-state index in [-0.39, 0.29) is 5.55 Å². The predicted molar refractivity (Wildman–Crippen MR) is 79.5 cm³/mol. The molecule has 20 heavy (non-hydrogen) atoms. The number of nitrogens with one attached hydrogen (secondary N) is 1. The zero-order chi connectivity index (χ0) is 13.9. The summed E-state index contributed by atoms with van der Waals surface area (Å²) in [5.41, 5.74) is 3.10. The molecular formula is C17H13NO2. The van der Waals surface area contributed by atoms with Gasteiger partial charge in [-0.2, -0.15) is 0 Å². The fourth-order valence-corrected chi connectivity index (χ4v) is 2.06. The summed E-state index contributed by atoms with van der Waals surface area (Å²) in [6.07, 6.45) is 1.75. The van der Waals surface area contributed by atoms with E-state index in [1.807, 2.05) is 42.5 Å². The first kappa shape index (κ1) is 12.2. The Labute approximate surface area is 115 Å². The Kier molecular flexibility index (Phi) is 3.09. The molecule has 3 nitrogen and oxygen atoms in total. The van der Waals surface area contributed by atoms with Crippen LogP contribution in [-0.4, -0.2) is 4.98 Å². The Morgan fingerprint density at radius 3 is 2.20 bits per heavy atom. The molecule has 0 bridgehead atoms. The molecule has 98 valence electrons. The third-order valence-corrected chi connectivity index (χ3v) is 3.04. The molecule has 1 N–H and O–H groups in total. The fraction of sp³-hybridized carbons (Fsp3) is 0. The van der Waals surface area contributed by atoms with Crippen LogP contribution in [0.5, 0.6) is 0 Å². The molecular weight excluding hydrogens is 250 g/mol. The first-order valence-electron chi connectivity index (χ1n) is 6.28. The summed E-state index contributed by atoms with van der Waals surface area (Å²) in [5, 5.41) is 0.405. The van der Waals surface area contributed by atoms with Gasteiger partial charge >= 0.3 is 5.63 Å². The Hall–Kier alpha value is -2.81. The van der Waals surface area contributed by atoms with Crippen molar-refractivity contribution >= 4 is 12.7 Å². The molecule has 3 rings (SSSR count). The maximum Gasteiger partial charge on any atom is 0.361 e. The Morgan fingerprint density at radius 2 is 1.60 bits per heavy atom. The molecule has 3 aromatic rings. The monoisotopic (exact) mass is 263 g/mol. The Bertz CT molecular complexity index is 871. The van der Waals surface area contributed by atoms with E-state index >= 15 is 0 Å². The van der Waals surface area contributed by atoms with Gasteiger partial charge in [-0.1, -0.05) is 54.6 Å². The maximum atomic E-state index is 11.5. The van der Waals surface area contributed by atoms with Gasteiger partial charge in [0.15, 0.2) is 5.55 Å². The van der Waals surface area contributed by atoms with Gasteiger partial charge in [0.05, 0.1) is 0 Å². The minimum absolute atomic E-state index is 0.266. The largest absolute Gasteiger partial charge is 0.405 e. The molecule has 1 aromatic heterocycles. The third-order valence-electron chi connectivity index (χ3n) is 3.04. The van der Waals surface area contributed by atoms with E-state index in [1.54, 1.807) is 6.08 Å². The van der Waals surface area contributed by atoms with Crippen LogP contribution in [0.3, 0.4) is 0 Å². The van der Waals surface area contributed by atoms with Gasteiger partial charge in [-0.25, -0.2) is 4.79 Å². The summed E-state index contributed by atoms with van der Waals surface area (Å²) >= 11 is 0. The van der Waals surface area contributed by atoms with Gasteiger partial charge in [-0.15, -0.1) is 0 Å². The summed E-state index contributed by atoms with van der Waals surface area (Å²) in [6.45, 7) is 3.56. The molecule has 0 aliphatic carbocycles. The molecule has 0 aliphatic rings. The van der Waals surface area contributed by atoms with E-state index in [2.05, 4.69) is 23.7 Å². The highest BCUT2D eigenvalue weighted by atomic mass is 16.4. The lowest BCUT2D eigenvalue weighted by Crippen LogP contribution is -2.20. The number of benzene rings is 2. The molecule has 2 aromatic carbocycles. The first-order valence-corrected chi connectivity index (χ1v) is 6.28. The van der Waals surface area contributed by atoms with Crippen LogP contribution >= 0.6 is 0 Å². The third kappa shape index (κ3) is 2.47. The van der Waals surface area contributed by atoms with Crippen LogP contribution in [0.4, 0.5) is 0 Å². The molecule has 0 spiro atoms. The summed E-state index contributed by atoms with van der Waals surface area (Å²) in [7, 11) is 0. The molecule has 3 heteroatoms. The predicted octanol–water partition coefficient (Wildman–Crippen LogP) is 1.87. The van der Waals surface area contributed by atoms with Crippen molar-refractivity contribution in [2.45, 2.75) is 0 Å². The average Bonchev–Trinajstić information content (AvgIpc) is 2.79. The lowest BCUT2D eigenvalue weighted by atomic mass is 10.0. The van der Waals surface area contributed by atoms with Crippen LogP contribution in [0.15, 0.2) is 63.8 Å². The number of rotatable bonds is 2. The van der Waals surface area contributed by atoms with Crippen LogP contribution in [0, 0.1) is 0 Å². The summed E-state index contributed by atoms with van der Waals surface area (Å²) in [4.78, 5) is 14.3. The zero-order valence-corrected chi connectivity index (χ0v) is 10.8. The van der Waals surface area contributed by atoms with E-state index in [0.717, 1.165) is 11.1 Å². The molecule has 0 saturated carbocycles. The SMILES string of the molecule is C=c1[nH]/c(=C\c2ccc(-c3ccccc3)cc2)c(=O)o1. The molecule has 0 atom stereocenters. The Morgan fingerprint density at radius 1 is 0.950 bits per heavy atom.